The van der Waals surface area contributed by atoms with Crippen molar-refractivity contribution in [2.45, 2.75) is 25.9 Å². The van der Waals surface area contributed by atoms with Gasteiger partial charge in [0.05, 0.1) is 0 Å². The molecule has 4 nitrogen and oxygen atoms in total. The zero-order valence-electron chi connectivity index (χ0n) is 10.3. The van der Waals surface area contributed by atoms with Crippen molar-refractivity contribution >= 4 is 11.6 Å². The first-order chi connectivity index (χ1) is 8.11. The molecule has 1 aromatic carbocycles. The van der Waals surface area contributed by atoms with Crippen LogP contribution in [0, 0.1) is 0 Å². The van der Waals surface area contributed by atoms with Gasteiger partial charge in [0.25, 0.3) is 0 Å². The minimum absolute atomic E-state index is 0.0246. The van der Waals surface area contributed by atoms with Crippen LogP contribution in [0.2, 0.25) is 0 Å². The van der Waals surface area contributed by atoms with Gasteiger partial charge in [0.1, 0.15) is 6.04 Å². The van der Waals surface area contributed by atoms with Crippen molar-refractivity contribution in [3.63, 3.8) is 0 Å². The number of hydrogen-bond acceptors (Lipinski definition) is 3. The monoisotopic (exact) mass is 233 g/mol. The second-order valence-electron chi connectivity index (χ2n) is 4.51. The fourth-order valence-corrected chi connectivity index (χ4v) is 2.25. The molecule has 1 aromatic rings. The molecule has 17 heavy (non-hydrogen) atoms. The van der Waals surface area contributed by atoms with E-state index in [1.807, 2.05) is 38.1 Å². The van der Waals surface area contributed by atoms with Crippen LogP contribution in [0.4, 0.5) is 5.69 Å². The smallest absolute Gasteiger partial charge is 0.242 e. The molecule has 1 heterocycles. The number of para-hydroxylation sites is 1. The van der Waals surface area contributed by atoms with E-state index in [-0.39, 0.29) is 18.0 Å². The summed E-state index contributed by atoms with van der Waals surface area (Å²) in [5.41, 5.74) is 8.14. The number of carbonyl (C=O) groups is 1. The number of rotatable bonds is 2. The average Bonchev–Trinajstić information content (AvgIpc) is 2.33. The fourth-order valence-electron chi connectivity index (χ4n) is 2.25. The van der Waals surface area contributed by atoms with E-state index in [0.717, 1.165) is 17.8 Å². The predicted octanol–water partition coefficient (Wildman–Crippen LogP) is 1.03. The second-order valence-corrected chi connectivity index (χ2v) is 4.51. The van der Waals surface area contributed by atoms with Crippen LogP contribution in [-0.2, 0) is 4.79 Å². The summed E-state index contributed by atoms with van der Waals surface area (Å²) in [5.74, 6) is 0.0794. The Morgan fingerprint density at radius 1 is 1.47 bits per heavy atom. The van der Waals surface area contributed by atoms with Crippen LogP contribution in [0.15, 0.2) is 24.3 Å². The van der Waals surface area contributed by atoms with Crippen molar-refractivity contribution in [2.75, 3.05) is 18.0 Å². The lowest BCUT2D eigenvalue weighted by Crippen LogP contribution is -2.54. The Labute approximate surface area is 102 Å². The minimum atomic E-state index is -0.136. The first-order valence-corrected chi connectivity index (χ1v) is 6.00. The van der Waals surface area contributed by atoms with Crippen molar-refractivity contribution in [3.05, 3.63) is 29.8 Å². The highest BCUT2D eigenvalue weighted by atomic mass is 16.2. The molecule has 2 atom stereocenters. The summed E-state index contributed by atoms with van der Waals surface area (Å²) in [4.78, 5) is 13.8. The summed E-state index contributed by atoms with van der Waals surface area (Å²) >= 11 is 0. The highest BCUT2D eigenvalue weighted by Gasteiger charge is 2.27. The van der Waals surface area contributed by atoms with Gasteiger partial charge in [0.2, 0.25) is 5.91 Å². The average molecular weight is 233 g/mol. The maximum atomic E-state index is 11.7. The molecule has 1 unspecified atom stereocenters. The number of nitrogens with one attached hydrogen (secondary N) is 1. The molecule has 1 saturated heterocycles. The lowest BCUT2D eigenvalue weighted by atomic mass is 10.0. The van der Waals surface area contributed by atoms with Crippen molar-refractivity contribution in [3.8, 4) is 0 Å². The molecule has 0 aliphatic carbocycles. The van der Waals surface area contributed by atoms with Crippen LogP contribution in [0.3, 0.4) is 0 Å². The fraction of sp³-hybridized carbons (Fsp3) is 0.462. The van der Waals surface area contributed by atoms with Gasteiger partial charge in [-0.2, -0.15) is 0 Å². The van der Waals surface area contributed by atoms with Crippen molar-refractivity contribution in [1.82, 2.24) is 5.32 Å². The molecule has 0 bridgehead atoms. The largest absolute Gasteiger partial charge is 0.358 e. The Morgan fingerprint density at radius 3 is 2.88 bits per heavy atom. The maximum absolute atomic E-state index is 11.7. The summed E-state index contributed by atoms with van der Waals surface area (Å²) in [6.45, 7) is 5.41. The zero-order valence-corrected chi connectivity index (χ0v) is 10.3. The Hall–Kier alpha value is -1.55. The lowest BCUT2D eigenvalue weighted by Gasteiger charge is -2.36. The molecule has 0 aromatic heterocycles. The number of nitrogens with zero attached hydrogens (tertiary/aromatic N) is 1. The van der Waals surface area contributed by atoms with E-state index in [1.165, 1.54) is 0 Å². The van der Waals surface area contributed by atoms with E-state index < -0.39 is 0 Å². The summed E-state index contributed by atoms with van der Waals surface area (Å²) in [7, 11) is 0. The quantitative estimate of drug-likeness (QED) is 0.802. The third-order valence-electron chi connectivity index (χ3n) is 3.24. The summed E-state index contributed by atoms with van der Waals surface area (Å²) in [5, 5.41) is 2.87. The number of benzene rings is 1. The molecule has 1 aliphatic heterocycles. The van der Waals surface area contributed by atoms with Gasteiger partial charge in [-0.05, 0) is 25.5 Å². The summed E-state index contributed by atoms with van der Waals surface area (Å²) in [6, 6.07) is 7.87. The van der Waals surface area contributed by atoms with E-state index in [1.54, 1.807) is 0 Å². The molecular weight excluding hydrogens is 214 g/mol. The van der Waals surface area contributed by atoms with Gasteiger partial charge in [-0.25, -0.2) is 0 Å². The minimum Gasteiger partial charge on any atom is -0.358 e. The molecule has 0 saturated carbocycles. The van der Waals surface area contributed by atoms with Crippen LogP contribution in [0.1, 0.15) is 25.5 Å². The predicted molar refractivity (Wildman–Crippen MR) is 68.9 cm³/mol. The number of anilines is 1. The van der Waals surface area contributed by atoms with Gasteiger partial charge in [-0.3, -0.25) is 4.79 Å². The molecule has 1 fully saturated rings. The van der Waals surface area contributed by atoms with Crippen molar-refractivity contribution < 1.29 is 4.79 Å². The Kier molecular flexibility index (Phi) is 3.33. The van der Waals surface area contributed by atoms with Crippen LogP contribution >= 0.6 is 0 Å². The van der Waals surface area contributed by atoms with Gasteiger partial charge in [-0.1, -0.05) is 18.2 Å². The molecule has 92 valence electrons. The zero-order chi connectivity index (χ0) is 12.4. The van der Waals surface area contributed by atoms with Crippen molar-refractivity contribution in [2.24, 2.45) is 5.73 Å². The third-order valence-corrected chi connectivity index (χ3v) is 3.24. The SMILES string of the molecule is CC1C(=O)NCCN1c1ccccc1[C@@H](C)N. The molecular formula is C13H19N3O. The summed E-state index contributed by atoms with van der Waals surface area (Å²) < 4.78 is 0. The first kappa shape index (κ1) is 11.9. The second kappa shape index (κ2) is 4.75. The van der Waals surface area contributed by atoms with E-state index in [9.17, 15) is 4.79 Å². The van der Waals surface area contributed by atoms with E-state index >= 15 is 0 Å². The van der Waals surface area contributed by atoms with Crippen LogP contribution in [0.5, 0.6) is 0 Å². The molecule has 0 radical (unpaired) electrons. The molecule has 0 spiro atoms. The Bertz CT molecular complexity index is 417. The molecule has 3 N–H and O–H groups in total. The molecule has 1 amide bonds. The van der Waals surface area contributed by atoms with E-state index in [0.29, 0.717) is 6.54 Å². The number of carbonyl (C=O) groups excluding carboxylic acids is 1. The molecule has 2 rings (SSSR count). The number of hydrogen-bond donors (Lipinski definition) is 2. The van der Waals surface area contributed by atoms with Gasteiger partial charge >= 0.3 is 0 Å². The number of nitrogens with two attached hydrogens (primary N) is 1. The van der Waals surface area contributed by atoms with Gasteiger partial charge in [0, 0.05) is 24.8 Å². The first-order valence-electron chi connectivity index (χ1n) is 6.00. The standard InChI is InChI=1S/C13H19N3O/c1-9(14)11-5-3-4-6-12(11)16-8-7-15-13(17)10(16)2/h3-6,9-10H,7-8,14H2,1-2H3,(H,15,17)/t9-,10?/m1/s1. The third kappa shape index (κ3) is 2.26. The lowest BCUT2D eigenvalue weighted by molar-refractivity contribution is -0.122. The van der Waals surface area contributed by atoms with Gasteiger partial charge < -0.3 is 16.0 Å². The van der Waals surface area contributed by atoms with Crippen LogP contribution in [-0.4, -0.2) is 25.0 Å². The van der Waals surface area contributed by atoms with E-state index in [2.05, 4.69) is 10.2 Å². The summed E-state index contributed by atoms with van der Waals surface area (Å²) in [6.07, 6.45) is 0. The highest BCUT2D eigenvalue weighted by Crippen LogP contribution is 2.27. The van der Waals surface area contributed by atoms with Gasteiger partial charge in [0.15, 0.2) is 0 Å². The number of piperazine rings is 1. The number of amides is 1. The Morgan fingerprint density at radius 2 is 2.18 bits per heavy atom. The topological polar surface area (TPSA) is 58.4 Å². The maximum Gasteiger partial charge on any atom is 0.242 e. The molecule has 4 heteroatoms. The van der Waals surface area contributed by atoms with Crippen LogP contribution in [0.25, 0.3) is 0 Å². The van der Waals surface area contributed by atoms with E-state index in [4.69, 9.17) is 5.73 Å². The van der Waals surface area contributed by atoms with Crippen molar-refractivity contribution in [1.29, 1.82) is 0 Å². The van der Waals surface area contributed by atoms with Crippen LogP contribution < -0.4 is 16.0 Å². The Balaban J connectivity index is 2.36. The van der Waals surface area contributed by atoms with Gasteiger partial charge in [-0.15, -0.1) is 0 Å². The normalized spacial score (nSPS) is 22.2. The highest BCUT2D eigenvalue weighted by molar-refractivity contribution is 5.86. The molecule has 1 aliphatic rings.